The molecular weight excluding hydrogens is 410 g/mol. The molecule has 0 spiro atoms. The third-order valence-electron chi connectivity index (χ3n) is 4.57. The lowest BCUT2D eigenvalue weighted by Gasteiger charge is -2.12. The number of hydrogen-bond donors (Lipinski definition) is 1. The van der Waals surface area contributed by atoms with Crippen molar-refractivity contribution in [2.24, 2.45) is 0 Å². The van der Waals surface area contributed by atoms with Crippen LogP contribution >= 0.6 is 11.6 Å². The van der Waals surface area contributed by atoms with Crippen molar-refractivity contribution in [3.63, 3.8) is 0 Å². The van der Waals surface area contributed by atoms with Crippen molar-refractivity contribution in [1.29, 1.82) is 0 Å². The Hall–Kier alpha value is -3.76. The van der Waals surface area contributed by atoms with E-state index in [1.807, 2.05) is 72.8 Å². The Kier molecular flexibility index (Phi) is 6.50. The quantitative estimate of drug-likeness (QED) is 0.345. The maximum Gasteiger partial charge on any atom is 0.255 e. The Morgan fingerprint density at radius 2 is 1.42 bits per heavy atom. The Balaban J connectivity index is 1.41. The van der Waals surface area contributed by atoms with Crippen LogP contribution in [0.2, 0.25) is 5.02 Å². The summed E-state index contributed by atoms with van der Waals surface area (Å²) in [5, 5.41) is 3.57. The number of hydrogen-bond acceptors (Lipinski definition) is 3. The van der Waals surface area contributed by atoms with Gasteiger partial charge in [-0.3, -0.25) is 4.79 Å². The molecule has 0 aliphatic heterocycles. The van der Waals surface area contributed by atoms with Gasteiger partial charge in [0.1, 0.15) is 18.1 Å². The normalized spacial score (nSPS) is 10.4. The first-order valence-electron chi connectivity index (χ1n) is 9.78. The highest BCUT2D eigenvalue weighted by Crippen LogP contribution is 2.29. The van der Waals surface area contributed by atoms with Gasteiger partial charge in [-0.15, -0.1) is 0 Å². The molecule has 4 nitrogen and oxygen atoms in total. The number of anilines is 1. The molecule has 0 bridgehead atoms. The summed E-state index contributed by atoms with van der Waals surface area (Å²) in [6.45, 7) is 0.357. The maximum absolute atomic E-state index is 12.7. The highest BCUT2D eigenvalue weighted by Gasteiger charge is 2.11. The Labute approximate surface area is 186 Å². The van der Waals surface area contributed by atoms with Crippen LogP contribution in [-0.4, -0.2) is 5.91 Å². The topological polar surface area (TPSA) is 47.6 Å². The van der Waals surface area contributed by atoms with E-state index < -0.39 is 0 Å². The van der Waals surface area contributed by atoms with Crippen molar-refractivity contribution < 1.29 is 14.3 Å². The molecule has 0 unspecified atom stereocenters. The lowest BCUT2D eigenvalue weighted by atomic mass is 10.2. The van der Waals surface area contributed by atoms with Gasteiger partial charge in [0.05, 0.1) is 5.69 Å². The van der Waals surface area contributed by atoms with E-state index in [0.717, 1.165) is 5.56 Å². The molecule has 4 aromatic rings. The maximum atomic E-state index is 12.7. The third kappa shape index (κ3) is 5.44. The highest BCUT2D eigenvalue weighted by atomic mass is 35.5. The van der Waals surface area contributed by atoms with Gasteiger partial charge in [0.25, 0.3) is 5.91 Å². The van der Waals surface area contributed by atoms with Gasteiger partial charge in [0.2, 0.25) is 0 Å². The number of nitrogens with one attached hydrogen (secondary N) is 1. The van der Waals surface area contributed by atoms with Crippen LogP contribution in [0, 0.1) is 0 Å². The fraction of sp³-hybridized carbons (Fsp3) is 0.0385. The van der Waals surface area contributed by atoms with Crippen molar-refractivity contribution in [3.8, 4) is 17.2 Å². The molecule has 0 radical (unpaired) electrons. The second-order valence-electron chi connectivity index (χ2n) is 6.77. The molecule has 0 heterocycles. The Morgan fingerprint density at radius 1 is 0.742 bits per heavy atom. The fourth-order valence-corrected chi connectivity index (χ4v) is 3.14. The minimum Gasteiger partial charge on any atom is -0.489 e. The number of halogens is 1. The summed E-state index contributed by atoms with van der Waals surface area (Å²) >= 11 is 6.15. The van der Waals surface area contributed by atoms with Crippen molar-refractivity contribution in [3.05, 3.63) is 119 Å². The van der Waals surface area contributed by atoms with Crippen LogP contribution in [0.5, 0.6) is 17.2 Å². The largest absolute Gasteiger partial charge is 0.489 e. The van der Waals surface area contributed by atoms with Gasteiger partial charge in [0.15, 0.2) is 5.75 Å². The van der Waals surface area contributed by atoms with E-state index in [1.165, 1.54) is 0 Å². The average Bonchev–Trinajstić information content (AvgIpc) is 2.81. The minimum absolute atomic E-state index is 0.234. The van der Waals surface area contributed by atoms with Crippen molar-refractivity contribution in [1.82, 2.24) is 0 Å². The lowest BCUT2D eigenvalue weighted by molar-refractivity contribution is 0.102. The van der Waals surface area contributed by atoms with Crippen LogP contribution in [0.25, 0.3) is 0 Å². The number of carbonyl (C=O) groups excluding carboxylic acids is 1. The number of carbonyl (C=O) groups is 1. The average molecular weight is 430 g/mol. The summed E-state index contributed by atoms with van der Waals surface area (Å²) < 4.78 is 11.7. The Morgan fingerprint density at radius 3 is 2.19 bits per heavy atom. The molecule has 0 aliphatic carbocycles. The number of benzene rings is 4. The number of amides is 1. The first-order chi connectivity index (χ1) is 15.2. The van der Waals surface area contributed by atoms with Gasteiger partial charge in [-0.2, -0.15) is 0 Å². The minimum atomic E-state index is -0.234. The molecule has 1 amide bonds. The van der Waals surface area contributed by atoms with Gasteiger partial charge in [0, 0.05) is 16.1 Å². The zero-order valence-corrected chi connectivity index (χ0v) is 17.4. The molecule has 31 heavy (non-hydrogen) atoms. The van der Waals surface area contributed by atoms with Crippen LogP contribution in [0.15, 0.2) is 103 Å². The molecule has 0 aromatic heterocycles. The number of ether oxygens (including phenoxy) is 2. The molecule has 0 saturated carbocycles. The predicted molar refractivity (Wildman–Crippen MR) is 123 cm³/mol. The van der Waals surface area contributed by atoms with Crippen LogP contribution in [0.1, 0.15) is 15.9 Å². The number of rotatable bonds is 7. The molecule has 0 atom stereocenters. The summed E-state index contributed by atoms with van der Waals surface area (Å²) in [5.41, 5.74) is 2.01. The lowest BCUT2D eigenvalue weighted by Crippen LogP contribution is -2.12. The Bertz CT molecular complexity index is 1160. The summed E-state index contributed by atoms with van der Waals surface area (Å²) in [7, 11) is 0. The first-order valence-corrected chi connectivity index (χ1v) is 10.2. The molecule has 0 saturated heterocycles. The second-order valence-corrected chi connectivity index (χ2v) is 7.18. The van der Waals surface area contributed by atoms with Crippen molar-refractivity contribution in [2.45, 2.75) is 6.61 Å². The zero-order chi connectivity index (χ0) is 21.5. The highest BCUT2D eigenvalue weighted by molar-refractivity contribution is 6.31. The van der Waals surface area contributed by atoms with Gasteiger partial charge >= 0.3 is 0 Å². The van der Waals surface area contributed by atoms with E-state index in [4.69, 9.17) is 21.1 Å². The summed E-state index contributed by atoms with van der Waals surface area (Å²) in [6.07, 6.45) is 0. The predicted octanol–water partition coefficient (Wildman–Crippen LogP) is 6.96. The molecule has 154 valence electrons. The molecule has 4 aromatic carbocycles. The summed E-state index contributed by atoms with van der Waals surface area (Å²) in [4.78, 5) is 12.7. The van der Waals surface area contributed by atoms with E-state index in [9.17, 15) is 4.79 Å². The molecule has 0 aliphatic rings. The van der Waals surface area contributed by atoms with Gasteiger partial charge in [-0.25, -0.2) is 0 Å². The monoisotopic (exact) mass is 429 g/mol. The van der Waals surface area contributed by atoms with E-state index in [2.05, 4.69) is 5.32 Å². The SMILES string of the molecule is O=C(Nc1ccccc1Oc1ccccc1)c1ccc(OCc2ccccc2Cl)cc1. The zero-order valence-electron chi connectivity index (χ0n) is 16.6. The third-order valence-corrected chi connectivity index (χ3v) is 4.94. The van der Waals surface area contributed by atoms with Crippen LogP contribution in [0.3, 0.4) is 0 Å². The molecule has 4 rings (SSSR count). The first kappa shape index (κ1) is 20.5. The van der Waals surface area contributed by atoms with Gasteiger partial charge < -0.3 is 14.8 Å². The second kappa shape index (κ2) is 9.83. The van der Waals surface area contributed by atoms with Gasteiger partial charge in [-0.05, 0) is 54.6 Å². The molecular formula is C26H20ClNO3. The van der Waals surface area contributed by atoms with Gasteiger partial charge in [-0.1, -0.05) is 60.1 Å². The van der Waals surface area contributed by atoms with E-state index in [0.29, 0.717) is 40.1 Å². The van der Waals surface area contributed by atoms with Crippen LogP contribution in [0.4, 0.5) is 5.69 Å². The van der Waals surface area contributed by atoms with E-state index >= 15 is 0 Å². The van der Waals surface area contributed by atoms with Crippen molar-refractivity contribution >= 4 is 23.2 Å². The van der Waals surface area contributed by atoms with E-state index in [1.54, 1.807) is 30.3 Å². The summed E-state index contributed by atoms with van der Waals surface area (Å²) in [5.74, 6) is 1.69. The smallest absolute Gasteiger partial charge is 0.255 e. The molecule has 0 fully saturated rings. The summed E-state index contributed by atoms with van der Waals surface area (Å²) in [6, 6.07) is 31.3. The number of para-hydroxylation sites is 3. The standard InChI is InChI=1S/C26H20ClNO3/c27-23-11-5-4-8-20(23)18-30-21-16-14-19(15-17-21)26(29)28-24-12-6-7-13-25(24)31-22-9-2-1-3-10-22/h1-17H,18H2,(H,28,29). The fourth-order valence-electron chi connectivity index (χ4n) is 2.95. The molecule has 5 heteroatoms. The van der Waals surface area contributed by atoms with E-state index in [-0.39, 0.29) is 5.91 Å². The van der Waals surface area contributed by atoms with Crippen LogP contribution in [-0.2, 0) is 6.61 Å². The van der Waals surface area contributed by atoms with Crippen molar-refractivity contribution in [2.75, 3.05) is 5.32 Å². The van der Waals surface area contributed by atoms with Crippen LogP contribution < -0.4 is 14.8 Å². The molecule has 1 N–H and O–H groups in total.